The summed E-state index contributed by atoms with van der Waals surface area (Å²) in [6, 6.07) is 0. The summed E-state index contributed by atoms with van der Waals surface area (Å²) in [5.74, 6) is 0. The Bertz CT molecular complexity index is 554. The Kier molecular flexibility index (Phi) is 18.8. The average Bonchev–Trinajstić information content (AvgIpc) is 3.00. The van der Waals surface area contributed by atoms with E-state index in [1.54, 1.807) is 0 Å². The van der Waals surface area contributed by atoms with Crippen molar-refractivity contribution in [3.63, 3.8) is 0 Å². The third-order valence-corrected chi connectivity index (χ3v) is 33.4. The van der Waals surface area contributed by atoms with Crippen LogP contribution in [-0.4, -0.2) is 81.3 Å². The van der Waals surface area contributed by atoms with Crippen LogP contribution in [0.15, 0.2) is 0 Å². The van der Waals surface area contributed by atoms with Crippen molar-refractivity contribution in [3.05, 3.63) is 0 Å². The van der Waals surface area contributed by atoms with E-state index in [-0.39, 0.29) is 0 Å². The van der Waals surface area contributed by atoms with Gasteiger partial charge in [0.1, 0.15) is 0 Å². The molecule has 0 rings (SSSR count). The van der Waals surface area contributed by atoms with Crippen molar-refractivity contribution in [2.24, 2.45) is 0 Å². The Morgan fingerprint density at radius 1 is 0.325 bits per heavy atom. The number of unbranched alkanes of at least 4 members (excludes halogenated alkanes) is 6. The molecule has 0 bridgehead atoms. The normalized spacial score (nSPS) is 16.1. The molecule has 0 heterocycles. The number of hydrogen-bond donors (Lipinski definition) is 0. The maximum absolute atomic E-state index is 7.76. The van der Waals surface area contributed by atoms with Gasteiger partial charge in [0.15, 0.2) is 0 Å². The first-order chi connectivity index (χ1) is 19.0. The second-order valence-corrected chi connectivity index (χ2v) is 32.1. The Balaban J connectivity index is 7.13. The molecule has 0 saturated carbocycles. The van der Waals surface area contributed by atoms with E-state index in [1.807, 2.05) is 0 Å². The molecule has 0 aliphatic carbocycles. The van der Waals surface area contributed by atoms with Gasteiger partial charge in [0.05, 0.1) is 0 Å². The zero-order chi connectivity index (χ0) is 30.9. The molecular formula is C33H78BO3P3. The number of rotatable bonds is 27. The van der Waals surface area contributed by atoms with Gasteiger partial charge in [-0.25, -0.2) is 0 Å². The van der Waals surface area contributed by atoms with E-state index in [0.29, 0.717) is 0 Å². The molecular weight excluding hydrogens is 548 g/mol. The summed E-state index contributed by atoms with van der Waals surface area (Å²) in [5.41, 5.74) is 0. The maximum atomic E-state index is 7.76. The molecule has 0 aliphatic heterocycles. The molecule has 0 atom stereocenters. The zero-order valence-corrected chi connectivity index (χ0v) is 32.7. The van der Waals surface area contributed by atoms with E-state index < -0.39 is 27.8 Å². The van der Waals surface area contributed by atoms with Gasteiger partial charge in [-0.1, -0.05) is 0 Å². The van der Waals surface area contributed by atoms with Crippen LogP contribution in [0.3, 0.4) is 0 Å². The van der Waals surface area contributed by atoms with Crippen molar-refractivity contribution in [1.29, 1.82) is 0 Å². The van der Waals surface area contributed by atoms with Crippen molar-refractivity contribution < 1.29 is 13.3 Å². The number of hydrogen-bond acceptors (Lipinski definition) is 3. The fraction of sp³-hybridized carbons (Fsp3) is 1.00. The Hall–Kier alpha value is 1.23. The van der Waals surface area contributed by atoms with Gasteiger partial charge in [-0.3, -0.25) is 0 Å². The molecule has 7 heteroatoms. The van der Waals surface area contributed by atoms with Crippen LogP contribution in [0.4, 0.5) is 0 Å². The van der Waals surface area contributed by atoms with E-state index in [1.165, 1.54) is 76.3 Å². The third-order valence-electron chi connectivity index (χ3n) is 12.3. The van der Waals surface area contributed by atoms with Crippen LogP contribution in [-0.2, 0) is 13.3 Å². The van der Waals surface area contributed by atoms with Gasteiger partial charge in [-0.05, 0) is 0 Å². The van der Waals surface area contributed by atoms with Crippen LogP contribution < -0.4 is 0 Å². The topological polar surface area (TPSA) is 27.7 Å². The Morgan fingerprint density at radius 3 is 0.675 bits per heavy atom. The first-order valence-electron chi connectivity index (χ1n) is 18.0. The standard InChI is InChI=1S/C33H78BO3P3/c1-13-25-28-31-38(16-4,17-5,18-6)35-34(36-39(19-7,20-8,21-9)32-29-26-14-2)37-40(22-10,23-11,24-12)33-30-27-15-3/h13-33H2,1-12H3. The zero-order valence-electron chi connectivity index (χ0n) is 30.0. The van der Waals surface area contributed by atoms with Crippen molar-refractivity contribution in [1.82, 2.24) is 0 Å². The summed E-state index contributed by atoms with van der Waals surface area (Å²) in [5, 5.41) is 0. The molecule has 0 N–H and O–H groups in total. The third kappa shape index (κ3) is 9.87. The Labute approximate surface area is 255 Å². The van der Waals surface area contributed by atoms with E-state index >= 15 is 0 Å². The molecule has 0 aromatic carbocycles. The summed E-state index contributed by atoms with van der Waals surface area (Å²) < 4.78 is 23.3. The molecule has 0 aliphatic rings. The van der Waals surface area contributed by atoms with Gasteiger partial charge in [0.2, 0.25) is 0 Å². The van der Waals surface area contributed by atoms with Gasteiger partial charge in [-0.2, -0.15) is 0 Å². The van der Waals surface area contributed by atoms with Crippen LogP contribution in [0.5, 0.6) is 0 Å². The van der Waals surface area contributed by atoms with E-state index in [2.05, 4.69) is 83.1 Å². The van der Waals surface area contributed by atoms with E-state index in [0.717, 1.165) is 55.5 Å². The quantitative estimate of drug-likeness (QED) is 0.0516. The second-order valence-electron chi connectivity index (χ2n) is 13.3. The molecule has 40 heavy (non-hydrogen) atoms. The van der Waals surface area contributed by atoms with Crippen LogP contribution in [0.2, 0.25) is 0 Å². The van der Waals surface area contributed by atoms with E-state index in [4.69, 9.17) is 13.3 Å². The van der Waals surface area contributed by atoms with Crippen molar-refractivity contribution in [3.8, 4) is 0 Å². The molecule has 0 aromatic rings. The molecule has 0 amide bonds. The van der Waals surface area contributed by atoms with Crippen molar-refractivity contribution in [2.75, 3.05) is 73.9 Å². The van der Waals surface area contributed by atoms with Gasteiger partial charge in [-0.15, -0.1) is 0 Å². The molecule has 0 unspecified atom stereocenters. The van der Waals surface area contributed by atoms with E-state index in [9.17, 15) is 0 Å². The first kappa shape index (κ1) is 41.2. The Morgan fingerprint density at radius 2 is 0.525 bits per heavy atom. The van der Waals surface area contributed by atoms with Crippen LogP contribution in [0, 0.1) is 0 Å². The van der Waals surface area contributed by atoms with Gasteiger partial charge in [0.25, 0.3) is 0 Å². The predicted molar refractivity (Wildman–Crippen MR) is 198 cm³/mol. The summed E-state index contributed by atoms with van der Waals surface area (Å²) in [6.45, 7) is 21.2. The summed E-state index contributed by atoms with van der Waals surface area (Å²) in [6.07, 6.45) is 25.3. The minimum atomic E-state index is -2.50. The predicted octanol–water partition coefficient (Wildman–Crippen LogP) is 12.2. The fourth-order valence-corrected chi connectivity index (χ4v) is 20.9. The summed E-state index contributed by atoms with van der Waals surface area (Å²) in [4.78, 5) is 0. The SMILES string of the molecule is CCCCCP(CC)(CC)(CC)OB(OP(CC)(CC)(CC)CCCCC)OP(CC)(CC)(CC)CCCCC. The minimum absolute atomic E-state index is 0.502. The monoisotopic (exact) mass is 627 g/mol. The van der Waals surface area contributed by atoms with Gasteiger partial charge < -0.3 is 0 Å². The molecule has 0 saturated heterocycles. The van der Waals surface area contributed by atoms with Crippen LogP contribution in [0.1, 0.15) is 141 Å². The molecule has 3 nitrogen and oxygen atoms in total. The molecule has 0 fully saturated rings. The van der Waals surface area contributed by atoms with Crippen LogP contribution in [0.25, 0.3) is 0 Å². The van der Waals surface area contributed by atoms with Crippen molar-refractivity contribution in [2.45, 2.75) is 141 Å². The molecule has 246 valence electrons. The average molecular weight is 627 g/mol. The van der Waals surface area contributed by atoms with Gasteiger partial charge >= 0.3 is 256 Å². The summed E-state index contributed by atoms with van der Waals surface area (Å²) >= 11 is 0. The first-order valence-corrected chi connectivity index (χ1v) is 26.7. The fourth-order valence-electron chi connectivity index (χ4n) is 7.34. The molecule has 0 spiro atoms. The second kappa shape index (κ2) is 18.3. The van der Waals surface area contributed by atoms with Crippen LogP contribution >= 0.6 is 20.5 Å². The van der Waals surface area contributed by atoms with Gasteiger partial charge in [0, 0.05) is 0 Å². The summed E-state index contributed by atoms with van der Waals surface area (Å²) in [7, 11) is -0.502. The molecule has 0 aromatic heterocycles. The molecule has 0 radical (unpaired) electrons. The van der Waals surface area contributed by atoms with Crippen molar-refractivity contribution >= 4 is 27.8 Å².